The number of benzene rings is 1. The van der Waals surface area contributed by atoms with Gasteiger partial charge in [0.25, 0.3) is 0 Å². The Morgan fingerprint density at radius 2 is 1.90 bits per heavy atom. The summed E-state index contributed by atoms with van der Waals surface area (Å²) in [7, 11) is 3.97. The molecule has 1 aromatic rings. The Labute approximate surface area is 123 Å². The van der Waals surface area contributed by atoms with E-state index in [1.165, 1.54) is 38.0 Å². The van der Waals surface area contributed by atoms with Gasteiger partial charge < -0.3 is 15.0 Å². The van der Waals surface area contributed by atoms with Crippen molar-refractivity contribution in [1.29, 1.82) is 0 Å². The van der Waals surface area contributed by atoms with Crippen molar-refractivity contribution in [2.45, 2.75) is 32.2 Å². The maximum Gasteiger partial charge on any atom is 0.118 e. The molecule has 112 valence electrons. The zero-order chi connectivity index (χ0) is 14.4. The second-order valence-corrected chi connectivity index (χ2v) is 6.03. The van der Waals surface area contributed by atoms with Gasteiger partial charge in [-0.2, -0.15) is 0 Å². The number of nitrogens with one attached hydrogen (secondary N) is 1. The van der Waals surface area contributed by atoms with Crippen molar-refractivity contribution < 1.29 is 4.74 Å². The fraction of sp³-hybridized carbons (Fsp3) is 0.647. The van der Waals surface area contributed by atoms with Gasteiger partial charge in [0, 0.05) is 12.6 Å². The van der Waals surface area contributed by atoms with Crippen LogP contribution in [0.15, 0.2) is 24.3 Å². The lowest BCUT2D eigenvalue weighted by atomic mass is 9.96. The van der Waals surface area contributed by atoms with E-state index >= 15 is 0 Å². The molecular weight excluding hydrogens is 248 g/mol. The maximum absolute atomic E-state index is 5.21. The van der Waals surface area contributed by atoms with E-state index in [9.17, 15) is 0 Å². The standard InChI is InChI=1S/C17H28N2O/c1-14(12-15-4-6-17(20-3)7-5-15)19(2)13-16-8-10-18-11-9-16/h4-7,14,16,18H,8-13H2,1-3H3. The largest absolute Gasteiger partial charge is 0.497 e. The second-order valence-electron chi connectivity index (χ2n) is 6.03. The number of rotatable bonds is 6. The molecule has 1 unspecified atom stereocenters. The summed E-state index contributed by atoms with van der Waals surface area (Å²) in [5, 5.41) is 3.44. The van der Waals surface area contributed by atoms with Crippen LogP contribution in [0, 0.1) is 5.92 Å². The number of methoxy groups -OCH3 is 1. The molecule has 1 fully saturated rings. The molecule has 0 bridgehead atoms. The molecule has 3 heteroatoms. The smallest absolute Gasteiger partial charge is 0.118 e. The van der Waals surface area contributed by atoms with Gasteiger partial charge in [-0.15, -0.1) is 0 Å². The first kappa shape index (κ1) is 15.3. The summed E-state index contributed by atoms with van der Waals surface area (Å²) in [5.41, 5.74) is 1.38. The van der Waals surface area contributed by atoms with Gasteiger partial charge in [0.2, 0.25) is 0 Å². The molecule has 1 aliphatic heterocycles. The lowest BCUT2D eigenvalue weighted by Gasteiger charge is -2.31. The van der Waals surface area contributed by atoms with Crippen LogP contribution in [0.25, 0.3) is 0 Å². The van der Waals surface area contributed by atoms with E-state index in [4.69, 9.17) is 4.74 Å². The molecule has 1 saturated heterocycles. The first-order chi connectivity index (χ1) is 9.69. The van der Waals surface area contributed by atoms with Crippen LogP contribution in [-0.2, 0) is 6.42 Å². The van der Waals surface area contributed by atoms with Gasteiger partial charge in [0.1, 0.15) is 5.75 Å². The molecule has 0 saturated carbocycles. The number of nitrogens with zero attached hydrogens (tertiary/aromatic N) is 1. The van der Waals surface area contributed by atoms with Crippen LogP contribution >= 0.6 is 0 Å². The third-order valence-electron chi connectivity index (χ3n) is 4.45. The van der Waals surface area contributed by atoms with Crippen molar-refractivity contribution in [2.24, 2.45) is 5.92 Å². The molecular formula is C17H28N2O. The topological polar surface area (TPSA) is 24.5 Å². The Balaban J connectivity index is 1.81. The van der Waals surface area contributed by atoms with Gasteiger partial charge in [-0.1, -0.05) is 12.1 Å². The van der Waals surface area contributed by atoms with E-state index < -0.39 is 0 Å². The monoisotopic (exact) mass is 276 g/mol. The highest BCUT2D eigenvalue weighted by Gasteiger charge is 2.18. The van der Waals surface area contributed by atoms with Crippen LogP contribution in [-0.4, -0.2) is 44.7 Å². The molecule has 1 N–H and O–H groups in total. The highest BCUT2D eigenvalue weighted by molar-refractivity contribution is 5.27. The van der Waals surface area contributed by atoms with Crippen molar-refractivity contribution in [3.63, 3.8) is 0 Å². The Hall–Kier alpha value is -1.06. The van der Waals surface area contributed by atoms with Crippen LogP contribution < -0.4 is 10.1 Å². The molecule has 3 nitrogen and oxygen atoms in total. The zero-order valence-corrected chi connectivity index (χ0v) is 13.1. The van der Waals surface area contributed by atoms with Gasteiger partial charge in [0.05, 0.1) is 7.11 Å². The summed E-state index contributed by atoms with van der Waals surface area (Å²) in [6.45, 7) is 5.92. The molecule has 0 amide bonds. The molecule has 1 aliphatic rings. The molecule has 1 atom stereocenters. The van der Waals surface area contributed by atoms with Gasteiger partial charge in [-0.05, 0) is 69.9 Å². The summed E-state index contributed by atoms with van der Waals surface area (Å²) in [4.78, 5) is 2.51. The SMILES string of the molecule is COc1ccc(CC(C)N(C)CC2CCNCC2)cc1. The Morgan fingerprint density at radius 3 is 2.50 bits per heavy atom. The molecule has 0 radical (unpaired) electrons. The van der Waals surface area contributed by atoms with E-state index in [0.717, 1.165) is 18.1 Å². The fourth-order valence-electron chi connectivity index (χ4n) is 2.91. The van der Waals surface area contributed by atoms with Crippen molar-refractivity contribution in [3.05, 3.63) is 29.8 Å². The molecule has 0 aliphatic carbocycles. The minimum absolute atomic E-state index is 0.582. The summed E-state index contributed by atoms with van der Waals surface area (Å²) < 4.78 is 5.21. The van der Waals surface area contributed by atoms with Gasteiger partial charge >= 0.3 is 0 Å². The summed E-state index contributed by atoms with van der Waals surface area (Å²) in [6.07, 6.45) is 3.74. The molecule has 1 heterocycles. The number of hydrogen-bond acceptors (Lipinski definition) is 3. The third kappa shape index (κ3) is 4.50. The minimum atomic E-state index is 0.582. The number of piperidine rings is 1. The van der Waals surface area contributed by atoms with E-state index in [1.54, 1.807) is 7.11 Å². The highest BCUT2D eigenvalue weighted by Crippen LogP contribution is 2.17. The Morgan fingerprint density at radius 1 is 1.25 bits per heavy atom. The van der Waals surface area contributed by atoms with Crippen LogP contribution in [0.3, 0.4) is 0 Å². The number of ether oxygens (including phenoxy) is 1. The quantitative estimate of drug-likeness (QED) is 0.864. The number of likely N-dealkylation sites (N-methyl/N-ethyl adjacent to an activating group) is 1. The molecule has 0 spiro atoms. The van der Waals surface area contributed by atoms with E-state index in [2.05, 4.69) is 48.5 Å². The van der Waals surface area contributed by atoms with Gasteiger partial charge in [0.15, 0.2) is 0 Å². The maximum atomic E-state index is 5.21. The summed E-state index contributed by atoms with van der Waals surface area (Å²) in [6, 6.07) is 9.03. The zero-order valence-electron chi connectivity index (χ0n) is 13.1. The average Bonchev–Trinajstić information content (AvgIpc) is 2.49. The first-order valence-electron chi connectivity index (χ1n) is 7.73. The first-order valence-corrected chi connectivity index (χ1v) is 7.73. The minimum Gasteiger partial charge on any atom is -0.497 e. The molecule has 20 heavy (non-hydrogen) atoms. The lowest BCUT2D eigenvalue weighted by Crippen LogP contribution is -2.39. The molecule has 2 rings (SSSR count). The van der Waals surface area contributed by atoms with Crippen LogP contribution in [0.4, 0.5) is 0 Å². The van der Waals surface area contributed by atoms with Crippen LogP contribution in [0.1, 0.15) is 25.3 Å². The van der Waals surface area contributed by atoms with Crippen LogP contribution in [0.2, 0.25) is 0 Å². The van der Waals surface area contributed by atoms with Crippen molar-refractivity contribution in [1.82, 2.24) is 10.2 Å². The third-order valence-corrected chi connectivity index (χ3v) is 4.45. The second kappa shape index (κ2) is 7.65. The van der Waals surface area contributed by atoms with E-state index in [0.29, 0.717) is 6.04 Å². The predicted octanol–water partition coefficient (Wildman–Crippen LogP) is 2.56. The lowest BCUT2D eigenvalue weighted by molar-refractivity contribution is 0.194. The molecule has 0 aromatic heterocycles. The number of hydrogen-bond donors (Lipinski definition) is 1. The van der Waals surface area contributed by atoms with Crippen molar-refractivity contribution >= 4 is 0 Å². The summed E-state index contributed by atoms with van der Waals surface area (Å²) >= 11 is 0. The fourth-order valence-corrected chi connectivity index (χ4v) is 2.91. The highest BCUT2D eigenvalue weighted by atomic mass is 16.5. The van der Waals surface area contributed by atoms with E-state index in [1.807, 2.05) is 0 Å². The van der Waals surface area contributed by atoms with Crippen molar-refractivity contribution in [3.8, 4) is 5.75 Å². The Bertz CT molecular complexity index is 384. The molecule has 1 aromatic carbocycles. The summed E-state index contributed by atoms with van der Waals surface area (Å²) in [5.74, 6) is 1.80. The van der Waals surface area contributed by atoms with Gasteiger partial charge in [-0.25, -0.2) is 0 Å². The van der Waals surface area contributed by atoms with Crippen LogP contribution in [0.5, 0.6) is 5.75 Å². The normalized spacial score (nSPS) is 18.2. The van der Waals surface area contributed by atoms with Crippen molar-refractivity contribution in [2.75, 3.05) is 33.8 Å². The Kier molecular flexibility index (Phi) is 5.86. The predicted molar refractivity (Wildman–Crippen MR) is 84.4 cm³/mol. The van der Waals surface area contributed by atoms with E-state index in [-0.39, 0.29) is 0 Å². The van der Waals surface area contributed by atoms with Gasteiger partial charge in [-0.3, -0.25) is 0 Å². The average molecular weight is 276 g/mol.